The lowest BCUT2D eigenvalue weighted by Crippen LogP contribution is -2.27. The van der Waals surface area contributed by atoms with Gasteiger partial charge in [-0.05, 0) is 36.1 Å². The third-order valence-corrected chi connectivity index (χ3v) is 4.33. The van der Waals surface area contributed by atoms with E-state index in [9.17, 15) is 0 Å². The zero-order chi connectivity index (χ0) is 15.5. The number of aryl methyl sites for hydroxylation is 1. The molecule has 0 aliphatic heterocycles. The fourth-order valence-electron chi connectivity index (χ4n) is 2.73. The average Bonchev–Trinajstić information content (AvgIpc) is 2.76. The van der Waals surface area contributed by atoms with E-state index in [-0.39, 0.29) is 5.41 Å². The summed E-state index contributed by atoms with van der Waals surface area (Å²) in [7, 11) is 3.81. The number of ether oxygens (including phenoxy) is 1. The van der Waals surface area contributed by atoms with E-state index < -0.39 is 0 Å². The number of halogens is 1. The van der Waals surface area contributed by atoms with Gasteiger partial charge in [-0.15, -0.1) is 0 Å². The van der Waals surface area contributed by atoms with Crippen molar-refractivity contribution in [2.24, 2.45) is 7.05 Å². The molecule has 1 N–H and O–H groups in total. The number of rotatable bonds is 7. The summed E-state index contributed by atoms with van der Waals surface area (Å²) < 4.78 is 7.22. The molecule has 116 valence electrons. The fraction of sp³-hybridized carbons (Fsp3) is 0.529. The van der Waals surface area contributed by atoms with E-state index in [1.54, 1.807) is 7.11 Å². The van der Waals surface area contributed by atoms with Crippen LogP contribution in [0, 0.1) is 0 Å². The largest absolute Gasteiger partial charge is 0.383 e. The smallest absolute Gasteiger partial charge is 0.0587 e. The van der Waals surface area contributed by atoms with Crippen LogP contribution in [0.15, 0.2) is 24.4 Å². The third kappa shape index (κ3) is 3.79. The van der Waals surface area contributed by atoms with Gasteiger partial charge in [-0.3, -0.25) is 0 Å². The Labute approximate surface area is 132 Å². The normalized spacial score (nSPS) is 12.2. The summed E-state index contributed by atoms with van der Waals surface area (Å²) in [5.74, 6) is 0. The molecule has 0 bridgehead atoms. The number of aromatic nitrogens is 1. The van der Waals surface area contributed by atoms with Gasteiger partial charge < -0.3 is 14.6 Å². The molecule has 3 nitrogen and oxygen atoms in total. The molecular formula is C17H25ClN2O. The van der Waals surface area contributed by atoms with Crippen LogP contribution in [-0.2, 0) is 17.2 Å². The zero-order valence-corrected chi connectivity index (χ0v) is 14.1. The average molecular weight is 309 g/mol. The number of nitrogens with zero attached hydrogens (tertiary/aromatic N) is 1. The van der Waals surface area contributed by atoms with Crippen LogP contribution in [0.3, 0.4) is 0 Å². The number of hydrogen-bond donors (Lipinski definition) is 1. The molecule has 1 aromatic carbocycles. The molecule has 0 unspecified atom stereocenters. The summed E-state index contributed by atoms with van der Waals surface area (Å²) in [6.45, 7) is 7.24. The summed E-state index contributed by atoms with van der Waals surface area (Å²) in [6.07, 6.45) is 3.31. The molecule has 0 spiro atoms. The van der Waals surface area contributed by atoms with Crippen molar-refractivity contribution in [3.05, 3.63) is 35.0 Å². The topological polar surface area (TPSA) is 26.2 Å². The van der Waals surface area contributed by atoms with E-state index in [1.807, 2.05) is 12.1 Å². The van der Waals surface area contributed by atoms with Crippen molar-refractivity contribution < 1.29 is 4.74 Å². The van der Waals surface area contributed by atoms with Crippen LogP contribution < -0.4 is 5.32 Å². The molecule has 0 radical (unpaired) electrons. The number of hydrogen-bond acceptors (Lipinski definition) is 2. The molecule has 0 aliphatic carbocycles. The van der Waals surface area contributed by atoms with Crippen LogP contribution in [0.1, 0.15) is 25.8 Å². The van der Waals surface area contributed by atoms with Crippen LogP contribution in [0.5, 0.6) is 0 Å². The zero-order valence-electron chi connectivity index (χ0n) is 13.4. The minimum absolute atomic E-state index is 0.118. The lowest BCUT2D eigenvalue weighted by molar-refractivity contribution is 0.198. The van der Waals surface area contributed by atoms with Gasteiger partial charge in [0.1, 0.15) is 0 Å². The first-order valence-corrected chi connectivity index (χ1v) is 7.78. The quantitative estimate of drug-likeness (QED) is 0.789. The monoisotopic (exact) mass is 308 g/mol. The predicted octanol–water partition coefficient (Wildman–Crippen LogP) is 3.74. The molecule has 2 aromatic rings. The van der Waals surface area contributed by atoms with Crippen molar-refractivity contribution in [2.45, 2.75) is 25.7 Å². The predicted molar refractivity (Wildman–Crippen MR) is 90.3 cm³/mol. The van der Waals surface area contributed by atoms with E-state index in [0.717, 1.165) is 31.1 Å². The summed E-state index contributed by atoms with van der Waals surface area (Å²) in [4.78, 5) is 0. The third-order valence-electron chi connectivity index (χ3n) is 4.09. The molecule has 0 atom stereocenters. The standard InChI is InChI=1S/C17H25ClN2O/c1-17(2,7-8-19-9-10-21-4)15-12-20(3)16-11-13(18)5-6-14(15)16/h5-6,11-12,19H,7-10H2,1-4H3. The van der Waals surface area contributed by atoms with Gasteiger partial charge in [0.25, 0.3) is 0 Å². The highest BCUT2D eigenvalue weighted by Gasteiger charge is 2.24. The highest BCUT2D eigenvalue weighted by molar-refractivity contribution is 6.31. The Morgan fingerprint density at radius 2 is 2.05 bits per heavy atom. The van der Waals surface area contributed by atoms with Crippen molar-refractivity contribution in [1.29, 1.82) is 0 Å². The maximum Gasteiger partial charge on any atom is 0.0587 e. The molecule has 2 rings (SSSR count). The molecule has 4 heteroatoms. The second-order valence-corrected chi connectivity index (χ2v) is 6.63. The minimum atomic E-state index is 0.118. The molecule has 0 amide bonds. The molecule has 0 aliphatic rings. The second-order valence-electron chi connectivity index (χ2n) is 6.19. The second kappa shape index (κ2) is 6.82. The van der Waals surface area contributed by atoms with Gasteiger partial charge in [-0.2, -0.15) is 0 Å². The molecule has 0 saturated heterocycles. The van der Waals surface area contributed by atoms with Crippen molar-refractivity contribution >= 4 is 22.5 Å². The van der Waals surface area contributed by atoms with Gasteiger partial charge in [-0.1, -0.05) is 31.5 Å². The maximum atomic E-state index is 6.11. The number of benzene rings is 1. The first-order valence-electron chi connectivity index (χ1n) is 7.40. The van der Waals surface area contributed by atoms with Gasteiger partial charge in [0.05, 0.1) is 6.61 Å². The van der Waals surface area contributed by atoms with Crippen molar-refractivity contribution in [1.82, 2.24) is 9.88 Å². The summed E-state index contributed by atoms with van der Waals surface area (Å²) in [6, 6.07) is 6.14. The van der Waals surface area contributed by atoms with Gasteiger partial charge in [0, 0.05) is 42.8 Å². The van der Waals surface area contributed by atoms with Crippen molar-refractivity contribution in [3.8, 4) is 0 Å². The molecule has 0 fully saturated rings. The van der Waals surface area contributed by atoms with E-state index in [4.69, 9.17) is 16.3 Å². The number of methoxy groups -OCH3 is 1. The highest BCUT2D eigenvalue weighted by atomic mass is 35.5. The fourth-order valence-corrected chi connectivity index (χ4v) is 2.90. The van der Waals surface area contributed by atoms with Crippen LogP contribution in [0.25, 0.3) is 10.9 Å². The van der Waals surface area contributed by atoms with Gasteiger partial charge >= 0.3 is 0 Å². The van der Waals surface area contributed by atoms with Crippen LogP contribution >= 0.6 is 11.6 Å². The maximum absolute atomic E-state index is 6.11. The SMILES string of the molecule is COCCNCCC(C)(C)c1cn(C)c2cc(Cl)ccc12. The molecule has 1 heterocycles. The first-order chi connectivity index (χ1) is 9.95. The summed E-state index contributed by atoms with van der Waals surface area (Å²) >= 11 is 6.11. The van der Waals surface area contributed by atoms with E-state index >= 15 is 0 Å². The molecule has 1 aromatic heterocycles. The lowest BCUT2D eigenvalue weighted by atomic mass is 9.81. The Balaban J connectivity index is 2.16. The Kier molecular flexibility index (Phi) is 5.31. The van der Waals surface area contributed by atoms with Crippen LogP contribution in [-0.4, -0.2) is 31.4 Å². The Hall–Kier alpha value is -1.03. The molecule has 21 heavy (non-hydrogen) atoms. The van der Waals surface area contributed by atoms with Crippen molar-refractivity contribution in [3.63, 3.8) is 0 Å². The molecular weight excluding hydrogens is 284 g/mol. The van der Waals surface area contributed by atoms with Crippen molar-refractivity contribution in [2.75, 3.05) is 26.8 Å². The van der Waals surface area contributed by atoms with Gasteiger partial charge in [0.2, 0.25) is 0 Å². The Bertz CT molecular complexity index is 604. The van der Waals surface area contributed by atoms with E-state index in [1.165, 1.54) is 16.5 Å². The van der Waals surface area contributed by atoms with E-state index in [2.05, 4.69) is 43.0 Å². The van der Waals surface area contributed by atoms with E-state index in [0.29, 0.717) is 0 Å². The summed E-state index contributed by atoms with van der Waals surface area (Å²) in [5, 5.41) is 5.50. The van der Waals surface area contributed by atoms with Crippen LogP contribution in [0.4, 0.5) is 0 Å². The molecule has 0 saturated carbocycles. The Morgan fingerprint density at radius 1 is 1.29 bits per heavy atom. The van der Waals surface area contributed by atoms with Gasteiger partial charge in [-0.25, -0.2) is 0 Å². The summed E-state index contributed by atoms with van der Waals surface area (Å²) in [5.41, 5.74) is 2.69. The number of nitrogens with one attached hydrogen (secondary N) is 1. The van der Waals surface area contributed by atoms with Crippen LogP contribution in [0.2, 0.25) is 5.02 Å². The number of fused-ring (bicyclic) bond motifs is 1. The first kappa shape index (κ1) is 16.3. The van der Waals surface area contributed by atoms with Gasteiger partial charge in [0.15, 0.2) is 0 Å². The highest BCUT2D eigenvalue weighted by Crippen LogP contribution is 2.34. The minimum Gasteiger partial charge on any atom is -0.383 e. The Morgan fingerprint density at radius 3 is 2.76 bits per heavy atom. The lowest BCUT2D eigenvalue weighted by Gasteiger charge is -2.24.